The van der Waals surface area contributed by atoms with E-state index in [9.17, 15) is 4.79 Å². The molecular formula is C19H22N2O2. The van der Waals surface area contributed by atoms with Gasteiger partial charge in [-0.2, -0.15) is 0 Å². The fraction of sp³-hybridized carbons (Fsp3) is 0.368. The highest BCUT2D eigenvalue weighted by molar-refractivity contribution is 5.93. The lowest BCUT2D eigenvalue weighted by atomic mass is 9.98. The molecule has 3 rings (SSSR count). The molecule has 1 aliphatic rings. The summed E-state index contributed by atoms with van der Waals surface area (Å²) in [6.45, 7) is 4.27. The molecule has 0 bridgehead atoms. The van der Waals surface area contributed by atoms with Crippen molar-refractivity contribution in [3.05, 3.63) is 59.9 Å². The van der Waals surface area contributed by atoms with E-state index in [-0.39, 0.29) is 5.91 Å². The van der Waals surface area contributed by atoms with Crippen LogP contribution in [0.2, 0.25) is 0 Å². The molecule has 0 saturated carbocycles. The summed E-state index contributed by atoms with van der Waals surface area (Å²) in [7, 11) is 0. The molecule has 120 valence electrons. The zero-order valence-corrected chi connectivity index (χ0v) is 13.4. The second-order valence-electron chi connectivity index (χ2n) is 6.08. The minimum Gasteiger partial charge on any atom is -0.493 e. The number of nitrogens with zero attached hydrogens (tertiary/aromatic N) is 2. The maximum Gasteiger partial charge on any atom is 0.255 e. The highest BCUT2D eigenvalue weighted by Gasteiger charge is 2.25. The molecule has 2 aromatic rings. The molecule has 1 atom stereocenters. The van der Waals surface area contributed by atoms with Crippen LogP contribution < -0.4 is 4.74 Å². The Labute approximate surface area is 137 Å². The molecule has 2 heterocycles. The number of benzene rings is 1. The Morgan fingerprint density at radius 1 is 1.30 bits per heavy atom. The summed E-state index contributed by atoms with van der Waals surface area (Å²) in [6, 6.07) is 11.7. The van der Waals surface area contributed by atoms with E-state index < -0.39 is 0 Å². The number of hydrogen-bond acceptors (Lipinski definition) is 3. The molecule has 1 aromatic carbocycles. The van der Waals surface area contributed by atoms with Crippen LogP contribution >= 0.6 is 0 Å². The highest BCUT2D eigenvalue weighted by atomic mass is 16.5. The van der Waals surface area contributed by atoms with Crippen molar-refractivity contribution in [3.63, 3.8) is 0 Å². The van der Waals surface area contributed by atoms with Gasteiger partial charge in [0.05, 0.1) is 12.2 Å². The number of ether oxygens (including phenoxy) is 1. The lowest BCUT2D eigenvalue weighted by Crippen LogP contribution is -2.41. The van der Waals surface area contributed by atoms with E-state index in [1.807, 2.05) is 29.2 Å². The number of pyridine rings is 1. The Bertz CT molecular complexity index is 657. The van der Waals surface area contributed by atoms with E-state index in [1.165, 1.54) is 0 Å². The minimum absolute atomic E-state index is 0.0682. The number of hydrogen-bond donors (Lipinski definition) is 0. The van der Waals surface area contributed by atoms with Crippen molar-refractivity contribution < 1.29 is 9.53 Å². The lowest BCUT2D eigenvalue weighted by molar-refractivity contribution is 0.0632. The van der Waals surface area contributed by atoms with Gasteiger partial charge in [-0.3, -0.25) is 9.78 Å². The molecule has 0 unspecified atom stereocenters. The maximum absolute atomic E-state index is 12.5. The van der Waals surface area contributed by atoms with Crippen molar-refractivity contribution in [2.45, 2.75) is 19.8 Å². The van der Waals surface area contributed by atoms with Crippen molar-refractivity contribution in [2.24, 2.45) is 5.92 Å². The van der Waals surface area contributed by atoms with E-state index in [1.54, 1.807) is 18.5 Å². The first kappa shape index (κ1) is 15.5. The van der Waals surface area contributed by atoms with Gasteiger partial charge in [-0.25, -0.2) is 0 Å². The molecule has 1 saturated heterocycles. The number of aryl methyl sites for hydroxylation is 1. The number of likely N-dealkylation sites (tertiary alicyclic amines) is 1. The molecule has 0 aliphatic carbocycles. The molecule has 0 radical (unpaired) electrons. The van der Waals surface area contributed by atoms with Crippen LogP contribution in [0.25, 0.3) is 0 Å². The van der Waals surface area contributed by atoms with Crippen LogP contribution in [0.15, 0.2) is 48.8 Å². The average Bonchev–Trinajstić information content (AvgIpc) is 2.61. The fourth-order valence-electron chi connectivity index (χ4n) is 2.98. The van der Waals surface area contributed by atoms with Gasteiger partial charge in [0, 0.05) is 31.4 Å². The number of carbonyl (C=O) groups excluding carboxylic acids is 1. The SMILES string of the molecule is Cc1ccccc1OC[C@H]1CCCN(C(=O)c2cccnc2)C1. The average molecular weight is 310 g/mol. The molecule has 23 heavy (non-hydrogen) atoms. The van der Waals surface area contributed by atoms with Gasteiger partial charge in [0.2, 0.25) is 0 Å². The molecule has 1 amide bonds. The monoisotopic (exact) mass is 310 g/mol. The standard InChI is InChI=1S/C19H22N2O2/c1-15-6-2-3-9-18(15)23-14-16-7-5-11-21(13-16)19(22)17-8-4-10-20-12-17/h2-4,6,8-10,12,16H,5,7,11,13-14H2,1H3/t16-/m0/s1. The summed E-state index contributed by atoms with van der Waals surface area (Å²) in [5, 5.41) is 0. The van der Waals surface area contributed by atoms with E-state index in [2.05, 4.69) is 18.0 Å². The minimum atomic E-state index is 0.0682. The van der Waals surface area contributed by atoms with Gasteiger partial charge in [0.25, 0.3) is 5.91 Å². The number of rotatable bonds is 4. The van der Waals surface area contributed by atoms with Gasteiger partial charge in [0.1, 0.15) is 5.75 Å². The van der Waals surface area contributed by atoms with Gasteiger partial charge in [0.15, 0.2) is 0 Å². The first-order chi connectivity index (χ1) is 11.2. The van der Waals surface area contributed by atoms with Gasteiger partial charge in [-0.1, -0.05) is 18.2 Å². The molecule has 4 heteroatoms. The Morgan fingerprint density at radius 3 is 2.96 bits per heavy atom. The fourth-order valence-corrected chi connectivity index (χ4v) is 2.98. The Morgan fingerprint density at radius 2 is 2.17 bits per heavy atom. The van der Waals surface area contributed by atoms with Crippen molar-refractivity contribution in [3.8, 4) is 5.75 Å². The van der Waals surface area contributed by atoms with Crippen LogP contribution in [-0.4, -0.2) is 35.5 Å². The van der Waals surface area contributed by atoms with Crippen LogP contribution in [0.4, 0.5) is 0 Å². The molecular weight excluding hydrogens is 288 g/mol. The number of para-hydroxylation sites is 1. The van der Waals surface area contributed by atoms with Gasteiger partial charge >= 0.3 is 0 Å². The van der Waals surface area contributed by atoms with Gasteiger partial charge in [-0.05, 0) is 43.5 Å². The summed E-state index contributed by atoms with van der Waals surface area (Å²) >= 11 is 0. The smallest absolute Gasteiger partial charge is 0.255 e. The van der Waals surface area contributed by atoms with Crippen LogP contribution in [0, 0.1) is 12.8 Å². The highest BCUT2D eigenvalue weighted by Crippen LogP contribution is 2.22. The normalized spacial score (nSPS) is 17.8. The third-order valence-corrected chi connectivity index (χ3v) is 4.28. The number of piperidine rings is 1. The molecule has 1 aromatic heterocycles. The zero-order chi connectivity index (χ0) is 16.1. The largest absolute Gasteiger partial charge is 0.493 e. The van der Waals surface area contributed by atoms with Crippen molar-refractivity contribution in [2.75, 3.05) is 19.7 Å². The van der Waals surface area contributed by atoms with E-state index in [4.69, 9.17) is 4.74 Å². The second-order valence-corrected chi connectivity index (χ2v) is 6.08. The van der Waals surface area contributed by atoms with Crippen molar-refractivity contribution in [1.29, 1.82) is 0 Å². The zero-order valence-electron chi connectivity index (χ0n) is 13.4. The van der Waals surface area contributed by atoms with Crippen LogP contribution in [0.5, 0.6) is 5.75 Å². The molecule has 0 spiro atoms. The van der Waals surface area contributed by atoms with Crippen LogP contribution in [0.1, 0.15) is 28.8 Å². The summed E-state index contributed by atoms with van der Waals surface area (Å²) in [5.41, 5.74) is 1.81. The summed E-state index contributed by atoms with van der Waals surface area (Å²) in [5.74, 6) is 1.38. The molecule has 0 N–H and O–H groups in total. The van der Waals surface area contributed by atoms with Crippen molar-refractivity contribution in [1.82, 2.24) is 9.88 Å². The maximum atomic E-state index is 12.5. The Hall–Kier alpha value is -2.36. The van der Waals surface area contributed by atoms with Crippen molar-refractivity contribution >= 4 is 5.91 Å². The predicted molar refractivity (Wildman–Crippen MR) is 89.5 cm³/mol. The third kappa shape index (κ3) is 3.89. The summed E-state index contributed by atoms with van der Waals surface area (Å²) < 4.78 is 5.96. The van der Waals surface area contributed by atoms with E-state index >= 15 is 0 Å². The van der Waals surface area contributed by atoms with E-state index in [0.717, 1.165) is 37.2 Å². The molecule has 4 nitrogen and oxygen atoms in total. The topological polar surface area (TPSA) is 42.4 Å². The first-order valence-corrected chi connectivity index (χ1v) is 8.12. The molecule has 1 fully saturated rings. The molecule has 1 aliphatic heterocycles. The number of amides is 1. The van der Waals surface area contributed by atoms with Gasteiger partial charge < -0.3 is 9.64 Å². The van der Waals surface area contributed by atoms with E-state index in [0.29, 0.717) is 18.1 Å². The first-order valence-electron chi connectivity index (χ1n) is 8.12. The summed E-state index contributed by atoms with van der Waals surface area (Å²) in [6.07, 6.45) is 5.44. The number of aromatic nitrogens is 1. The second kappa shape index (κ2) is 7.27. The number of carbonyl (C=O) groups is 1. The lowest BCUT2D eigenvalue weighted by Gasteiger charge is -2.32. The summed E-state index contributed by atoms with van der Waals surface area (Å²) in [4.78, 5) is 18.5. The van der Waals surface area contributed by atoms with Gasteiger partial charge in [-0.15, -0.1) is 0 Å². The Balaban J connectivity index is 1.58. The Kier molecular flexibility index (Phi) is 4.91. The van der Waals surface area contributed by atoms with Crippen LogP contribution in [0.3, 0.4) is 0 Å². The third-order valence-electron chi connectivity index (χ3n) is 4.28. The van der Waals surface area contributed by atoms with Crippen LogP contribution in [-0.2, 0) is 0 Å². The quantitative estimate of drug-likeness (QED) is 0.870. The predicted octanol–water partition coefficient (Wildman–Crippen LogP) is 3.32.